The van der Waals surface area contributed by atoms with Crippen molar-refractivity contribution in [2.24, 2.45) is 16.1 Å². The number of hydrogen-bond acceptors (Lipinski definition) is 9. The molecule has 1 aliphatic carbocycles. The van der Waals surface area contributed by atoms with E-state index in [9.17, 15) is 22.0 Å². The maximum atomic E-state index is 13.9. The van der Waals surface area contributed by atoms with Crippen LogP contribution in [0, 0.1) is 5.41 Å². The number of sulfonamides is 1. The van der Waals surface area contributed by atoms with E-state index in [4.69, 9.17) is 17.3 Å². The van der Waals surface area contributed by atoms with E-state index in [1.807, 2.05) is 19.1 Å². The van der Waals surface area contributed by atoms with Gasteiger partial charge in [0.05, 0.1) is 34.7 Å². The molecule has 0 radical (unpaired) electrons. The van der Waals surface area contributed by atoms with Crippen LogP contribution < -0.4 is 10.5 Å². The predicted octanol–water partition coefficient (Wildman–Crippen LogP) is 5.60. The second-order valence-electron chi connectivity index (χ2n) is 13.7. The Morgan fingerprint density at radius 1 is 1.08 bits per heavy atom. The maximum absolute atomic E-state index is 13.9. The van der Waals surface area contributed by atoms with Crippen LogP contribution in [0.1, 0.15) is 89.3 Å². The zero-order chi connectivity index (χ0) is 36.4. The average molecular weight is 731 g/mol. The second-order valence-corrected chi connectivity index (χ2v) is 16.1. The molecule has 3 N–H and O–H groups in total. The number of nitrogens with two attached hydrogens (primary N) is 1. The minimum absolute atomic E-state index is 0.0715. The van der Waals surface area contributed by atoms with Gasteiger partial charge in [-0.2, -0.15) is 20.1 Å². The van der Waals surface area contributed by atoms with Crippen LogP contribution in [-0.2, 0) is 21.4 Å². The SMILES string of the molecule is CC(C)(C)C.CCCn1ncc(-c2ccc([C@H]3N=C(N)N([C@H](CNS(=O)(=O)C4CC4)c4ccc(Cl)c(-n5ncnc5C(F)F)c4)C3=O)cc2)n1. The van der Waals surface area contributed by atoms with Crippen LogP contribution in [0.15, 0.2) is 60.0 Å². The lowest BCUT2D eigenvalue weighted by Crippen LogP contribution is -2.46. The lowest BCUT2D eigenvalue weighted by molar-refractivity contribution is -0.129. The zero-order valence-electron chi connectivity index (χ0n) is 28.5. The number of amides is 1. The number of nitrogens with one attached hydrogen (secondary N) is 1. The number of alkyl halides is 2. The van der Waals surface area contributed by atoms with Crippen LogP contribution in [0.5, 0.6) is 0 Å². The van der Waals surface area contributed by atoms with E-state index < -0.39 is 45.5 Å². The van der Waals surface area contributed by atoms with Crippen molar-refractivity contribution in [2.45, 2.75) is 84.2 Å². The van der Waals surface area contributed by atoms with Crippen molar-refractivity contribution in [1.29, 1.82) is 0 Å². The molecule has 1 aliphatic heterocycles. The van der Waals surface area contributed by atoms with Crippen molar-refractivity contribution in [1.82, 2.24) is 39.4 Å². The summed E-state index contributed by atoms with van der Waals surface area (Å²) in [6.07, 6.45) is 1.67. The van der Waals surface area contributed by atoms with E-state index in [2.05, 4.69) is 57.7 Å². The summed E-state index contributed by atoms with van der Waals surface area (Å²) in [4.78, 5) is 24.8. The first-order valence-corrected chi connectivity index (χ1v) is 18.1. The van der Waals surface area contributed by atoms with Crippen molar-refractivity contribution in [3.63, 3.8) is 0 Å². The monoisotopic (exact) mass is 730 g/mol. The highest BCUT2D eigenvalue weighted by atomic mass is 35.5. The highest BCUT2D eigenvalue weighted by Gasteiger charge is 2.41. The number of aromatic nitrogens is 6. The fourth-order valence-electron chi connectivity index (χ4n) is 5.13. The Morgan fingerprint density at radius 2 is 1.76 bits per heavy atom. The lowest BCUT2D eigenvalue weighted by Gasteiger charge is -2.29. The zero-order valence-corrected chi connectivity index (χ0v) is 30.0. The summed E-state index contributed by atoms with van der Waals surface area (Å²) in [5.41, 5.74) is 9.31. The van der Waals surface area contributed by atoms with Crippen LogP contribution in [0.2, 0.25) is 5.02 Å². The first-order valence-electron chi connectivity index (χ1n) is 16.2. The number of benzene rings is 2. The molecule has 50 heavy (non-hydrogen) atoms. The Kier molecular flexibility index (Phi) is 11.0. The molecule has 17 heteroatoms. The van der Waals surface area contributed by atoms with Gasteiger partial charge in [-0.05, 0) is 47.9 Å². The summed E-state index contributed by atoms with van der Waals surface area (Å²) in [6.45, 7) is 11.2. The molecule has 4 aromatic rings. The number of carbonyl (C=O) groups is 1. The summed E-state index contributed by atoms with van der Waals surface area (Å²) in [6, 6.07) is 9.59. The van der Waals surface area contributed by atoms with Crippen molar-refractivity contribution >= 4 is 33.5 Å². The molecule has 3 heterocycles. The molecule has 1 saturated carbocycles. The van der Waals surface area contributed by atoms with Gasteiger partial charge in [0.25, 0.3) is 12.3 Å². The normalized spacial score (nSPS) is 17.1. The molecule has 0 saturated heterocycles. The third kappa shape index (κ3) is 8.71. The molecule has 2 aliphatic rings. The number of nitrogens with zero attached hydrogens (tertiary/aromatic N) is 8. The van der Waals surface area contributed by atoms with Gasteiger partial charge >= 0.3 is 0 Å². The third-order valence-corrected chi connectivity index (χ3v) is 9.80. The molecule has 6 rings (SSSR count). The maximum Gasteiger partial charge on any atom is 0.297 e. The number of rotatable bonds is 12. The Morgan fingerprint density at radius 3 is 2.38 bits per heavy atom. The van der Waals surface area contributed by atoms with Crippen molar-refractivity contribution in [3.8, 4) is 16.9 Å². The quantitative estimate of drug-likeness (QED) is 0.190. The van der Waals surface area contributed by atoms with E-state index in [0.29, 0.717) is 41.6 Å². The molecule has 1 amide bonds. The van der Waals surface area contributed by atoms with Gasteiger partial charge in [-0.3, -0.25) is 9.69 Å². The third-order valence-electron chi connectivity index (χ3n) is 7.57. The Labute approximate surface area is 295 Å². The van der Waals surface area contributed by atoms with Gasteiger partial charge < -0.3 is 5.73 Å². The first kappa shape index (κ1) is 37.0. The van der Waals surface area contributed by atoms with Crippen molar-refractivity contribution < 1.29 is 22.0 Å². The Bertz CT molecular complexity index is 1950. The minimum atomic E-state index is -3.67. The molecule has 13 nitrogen and oxygen atoms in total. The standard InChI is InChI=1S/C28H29ClF2N10O3S.C5H12/c1-2-11-39-34-13-21(38-39)16-3-5-17(6-4-16)24-27(42)40(28(32)37-24)23(14-36-45(43,44)19-8-9-19)18-7-10-20(29)22(12-18)41-26(25(30)31)33-15-35-41;1-5(2,3)4/h3-7,10,12-13,15,19,23-25,36H,2,8-9,11,14H2,1H3,(H2,32,37);1-4H3/t23-,24-;/m1./s1. The van der Waals surface area contributed by atoms with Crippen molar-refractivity contribution in [2.75, 3.05) is 6.54 Å². The number of halogens is 3. The van der Waals surface area contributed by atoms with Gasteiger partial charge in [-0.15, -0.1) is 0 Å². The molecule has 1 fully saturated rings. The molecule has 268 valence electrons. The molecule has 0 spiro atoms. The highest BCUT2D eigenvalue weighted by Crippen LogP contribution is 2.36. The van der Waals surface area contributed by atoms with Gasteiger partial charge in [0, 0.05) is 12.1 Å². The van der Waals surface area contributed by atoms with E-state index in [1.54, 1.807) is 29.2 Å². The Hall–Kier alpha value is -4.28. The summed E-state index contributed by atoms with van der Waals surface area (Å²) >= 11 is 6.38. The average Bonchev–Trinajstić information content (AvgIpc) is 3.50. The molecule has 2 aromatic carbocycles. The molecular formula is C33H41ClF2N10O3S. The summed E-state index contributed by atoms with van der Waals surface area (Å²) in [7, 11) is -3.67. The van der Waals surface area contributed by atoms with Crippen LogP contribution in [0.25, 0.3) is 16.9 Å². The number of guanidine groups is 1. The van der Waals surface area contributed by atoms with Gasteiger partial charge in [0.2, 0.25) is 10.0 Å². The number of aryl methyl sites for hydroxylation is 1. The lowest BCUT2D eigenvalue weighted by atomic mass is 10.0. The topological polar surface area (TPSA) is 166 Å². The summed E-state index contributed by atoms with van der Waals surface area (Å²) < 4.78 is 56.4. The van der Waals surface area contributed by atoms with Crippen LogP contribution in [-0.4, -0.2) is 66.7 Å². The van der Waals surface area contributed by atoms with E-state index in [-0.39, 0.29) is 23.2 Å². The largest absolute Gasteiger partial charge is 0.369 e. The fourth-order valence-corrected chi connectivity index (χ4v) is 6.71. The predicted molar refractivity (Wildman–Crippen MR) is 186 cm³/mol. The molecule has 0 bridgehead atoms. The fraction of sp³-hybridized carbons (Fsp3) is 0.455. The Balaban J connectivity index is 0.000000908. The van der Waals surface area contributed by atoms with Gasteiger partial charge in [-0.25, -0.2) is 36.6 Å². The summed E-state index contributed by atoms with van der Waals surface area (Å²) in [5.74, 6) is -1.25. The van der Waals surface area contributed by atoms with E-state index in [0.717, 1.165) is 23.0 Å². The van der Waals surface area contributed by atoms with Crippen LogP contribution >= 0.6 is 11.6 Å². The van der Waals surface area contributed by atoms with Crippen LogP contribution in [0.4, 0.5) is 8.78 Å². The van der Waals surface area contributed by atoms with Crippen molar-refractivity contribution in [3.05, 3.63) is 77.0 Å². The highest BCUT2D eigenvalue weighted by molar-refractivity contribution is 7.90. The number of aliphatic imine (C=N–C) groups is 1. The van der Waals surface area contributed by atoms with E-state index >= 15 is 0 Å². The van der Waals surface area contributed by atoms with Gasteiger partial charge in [0.15, 0.2) is 17.8 Å². The summed E-state index contributed by atoms with van der Waals surface area (Å²) in [5, 5.41) is 12.2. The minimum Gasteiger partial charge on any atom is -0.369 e. The molecule has 2 atom stereocenters. The molecular weight excluding hydrogens is 690 g/mol. The number of hydrogen-bond donors (Lipinski definition) is 2. The molecule has 2 aromatic heterocycles. The number of carbonyl (C=O) groups excluding carboxylic acids is 1. The smallest absolute Gasteiger partial charge is 0.297 e. The van der Waals surface area contributed by atoms with Gasteiger partial charge in [-0.1, -0.05) is 76.6 Å². The molecule has 0 unspecified atom stereocenters. The van der Waals surface area contributed by atoms with Crippen LogP contribution in [0.3, 0.4) is 0 Å². The second kappa shape index (κ2) is 14.9. The van der Waals surface area contributed by atoms with E-state index in [1.165, 1.54) is 17.0 Å². The van der Waals surface area contributed by atoms with Gasteiger partial charge in [0.1, 0.15) is 12.0 Å². The first-order chi connectivity index (χ1) is 23.6.